The first-order chi connectivity index (χ1) is 15.5. The van der Waals surface area contributed by atoms with E-state index in [1.54, 1.807) is 25.1 Å². The largest absolute Gasteiger partial charge is 0.465 e. The molecule has 1 atom stereocenters. The van der Waals surface area contributed by atoms with E-state index >= 15 is 0 Å². The van der Waals surface area contributed by atoms with E-state index in [0.29, 0.717) is 16.3 Å². The van der Waals surface area contributed by atoms with Crippen molar-refractivity contribution in [2.45, 2.75) is 25.3 Å². The van der Waals surface area contributed by atoms with E-state index in [0.717, 1.165) is 11.1 Å². The van der Waals surface area contributed by atoms with Crippen LogP contribution in [0, 0.1) is 0 Å². The summed E-state index contributed by atoms with van der Waals surface area (Å²) in [4.78, 5) is 41.9. The number of rotatable bonds is 6. The van der Waals surface area contributed by atoms with Crippen molar-refractivity contribution in [3.63, 3.8) is 0 Å². The average molecular weight is 448 g/mol. The second kappa shape index (κ2) is 8.97. The second-order valence-electron chi connectivity index (χ2n) is 7.66. The Morgan fingerprint density at radius 2 is 1.56 bits per heavy atom. The second-order valence-corrected chi connectivity index (χ2v) is 8.09. The summed E-state index contributed by atoms with van der Waals surface area (Å²) in [6, 6.07) is 23.4. The van der Waals surface area contributed by atoms with Crippen LogP contribution in [0.15, 0.2) is 78.9 Å². The molecule has 1 aliphatic rings. The molecule has 0 saturated carbocycles. The van der Waals surface area contributed by atoms with Crippen LogP contribution in [0.1, 0.15) is 23.6 Å². The van der Waals surface area contributed by atoms with Crippen molar-refractivity contribution in [3.05, 3.63) is 101 Å². The van der Waals surface area contributed by atoms with Crippen LogP contribution in [0.2, 0.25) is 5.02 Å². The Morgan fingerprint density at radius 1 is 0.938 bits per heavy atom. The number of carbonyl (C=O) groups is 3. The van der Waals surface area contributed by atoms with Crippen molar-refractivity contribution >= 4 is 34.9 Å². The number of anilines is 1. The summed E-state index contributed by atoms with van der Waals surface area (Å²) < 4.78 is 5.35. The Bertz CT molecular complexity index is 1160. The number of fused-ring (bicyclic) bond motifs is 1. The molecule has 1 aliphatic heterocycles. The zero-order valence-electron chi connectivity index (χ0n) is 17.6. The molecule has 0 unspecified atom stereocenters. The van der Waals surface area contributed by atoms with Gasteiger partial charge in [-0.1, -0.05) is 78.3 Å². The van der Waals surface area contributed by atoms with Gasteiger partial charge in [-0.05, 0) is 30.2 Å². The molecule has 0 spiro atoms. The number of halogens is 1. The van der Waals surface area contributed by atoms with E-state index in [1.807, 2.05) is 60.7 Å². The number of benzene rings is 3. The summed E-state index contributed by atoms with van der Waals surface area (Å²) in [5.74, 6) is -2.29. The number of nitrogens with zero attached hydrogens (tertiary/aromatic N) is 1. The van der Waals surface area contributed by atoms with Crippen LogP contribution >= 0.6 is 11.6 Å². The van der Waals surface area contributed by atoms with E-state index < -0.39 is 23.1 Å². The fourth-order valence-corrected chi connectivity index (χ4v) is 4.32. The summed E-state index contributed by atoms with van der Waals surface area (Å²) in [7, 11) is 0. The number of carbonyl (C=O) groups excluding carboxylic acids is 3. The van der Waals surface area contributed by atoms with Crippen LogP contribution in [0.3, 0.4) is 0 Å². The predicted molar refractivity (Wildman–Crippen MR) is 123 cm³/mol. The fourth-order valence-electron chi connectivity index (χ4n) is 4.16. The maximum atomic E-state index is 13.7. The van der Waals surface area contributed by atoms with Crippen LogP contribution in [0.4, 0.5) is 5.69 Å². The highest BCUT2D eigenvalue weighted by atomic mass is 35.5. The minimum absolute atomic E-state index is 0.0189. The molecule has 6 heteroatoms. The minimum atomic E-state index is -1.78. The van der Waals surface area contributed by atoms with Crippen molar-refractivity contribution in [3.8, 4) is 0 Å². The molecule has 4 rings (SSSR count). The normalized spacial score (nSPS) is 17.8. The maximum Gasteiger partial charge on any atom is 0.325 e. The molecule has 0 aromatic heterocycles. The highest BCUT2D eigenvalue weighted by Crippen LogP contribution is 2.43. The molecule has 3 aromatic rings. The summed E-state index contributed by atoms with van der Waals surface area (Å²) in [5, 5.41) is 0.404. The zero-order valence-corrected chi connectivity index (χ0v) is 18.3. The standard InChI is InChI=1S/C26H22ClNO4/c1-2-32-25(31)26(16-18-9-5-3-6-10-18)21-14-13-20(27)15-22(21)28(24(30)23(26)29)17-19-11-7-4-8-12-19/h3-15H,2,16-17H2,1H3/t26-/m0/s1. The number of esters is 1. The van der Waals surface area contributed by atoms with E-state index in [1.165, 1.54) is 4.90 Å². The third kappa shape index (κ3) is 3.80. The number of Topliss-reactive ketones (excluding diaryl/α,β-unsaturated/α-hetero) is 1. The van der Waals surface area contributed by atoms with Gasteiger partial charge in [0.15, 0.2) is 5.41 Å². The molecule has 1 heterocycles. The quantitative estimate of drug-likeness (QED) is 0.317. The number of hydrogen-bond acceptors (Lipinski definition) is 4. The van der Waals surface area contributed by atoms with Gasteiger partial charge in [0.05, 0.1) is 18.8 Å². The summed E-state index contributed by atoms with van der Waals surface area (Å²) in [5.41, 5.74) is 0.687. The lowest BCUT2D eigenvalue weighted by Crippen LogP contribution is -2.58. The molecule has 0 N–H and O–H groups in total. The molecular formula is C26H22ClNO4. The summed E-state index contributed by atoms with van der Waals surface area (Å²) >= 11 is 6.28. The molecule has 1 amide bonds. The van der Waals surface area contributed by atoms with Gasteiger partial charge in [-0.3, -0.25) is 14.4 Å². The molecule has 0 radical (unpaired) electrons. The van der Waals surface area contributed by atoms with Gasteiger partial charge in [0.1, 0.15) is 0 Å². The number of amides is 1. The Hall–Kier alpha value is -3.44. The van der Waals surface area contributed by atoms with Crippen molar-refractivity contribution in [1.82, 2.24) is 0 Å². The Balaban J connectivity index is 1.91. The van der Waals surface area contributed by atoms with Crippen molar-refractivity contribution in [2.75, 3.05) is 11.5 Å². The smallest absolute Gasteiger partial charge is 0.325 e. The third-order valence-electron chi connectivity index (χ3n) is 5.66. The average Bonchev–Trinajstić information content (AvgIpc) is 2.81. The molecule has 3 aromatic carbocycles. The SMILES string of the molecule is CCOC(=O)[C@]1(Cc2ccccc2)C(=O)C(=O)N(Cc2ccccc2)c2cc(Cl)ccc21. The lowest BCUT2D eigenvalue weighted by atomic mass is 9.69. The van der Waals surface area contributed by atoms with Gasteiger partial charge in [0, 0.05) is 17.0 Å². The van der Waals surface area contributed by atoms with Crippen molar-refractivity contribution in [1.29, 1.82) is 0 Å². The Kier molecular flexibility index (Phi) is 6.10. The molecule has 32 heavy (non-hydrogen) atoms. The number of ether oxygens (including phenoxy) is 1. The van der Waals surface area contributed by atoms with Gasteiger partial charge in [-0.2, -0.15) is 0 Å². The van der Waals surface area contributed by atoms with Crippen LogP contribution in [0.25, 0.3) is 0 Å². The number of hydrogen-bond donors (Lipinski definition) is 0. The van der Waals surface area contributed by atoms with Gasteiger partial charge >= 0.3 is 5.97 Å². The van der Waals surface area contributed by atoms with Gasteiger partial charge in [0.2, 0.25) is 5.78 Å². The summed E-state index contributed by atoms with van der Waals surface area (Å²) in [6.45, 7) is 1.95. The van der Waals surface area contributed by atoms with Gasteiger partial charge in [0.25, 0.3) is 5.91 Å². The first-order valence-corrected chi connectivity index (χ1v) is 10.8. The third-order valence-corrected chi connectivity index (χ3v) is 5.89. The van der Waals surface area contributed by atoms with Gasteiger partial charge in [-0.15, -0.1) is 0 Å². The van der Waals surface area contributed by atoms with Crippen LogP contribution in [-0.2, 0) is 37.5 Å². The van der Waals surface area contributed by atoms with E-state index in [2.05, 4.69) is 0 Å². The Labute approximate surface area is 191 Å². The molecule has 0 bridgehead atoms. The highest BCUT2D eigenvalue weighted by molar-refractivity contribution is 6.50. The molecule has 162 valence electrons. The van der Waals surface area contributed by atoms with Gasteiger partial charge in [-0.25, -0.2) is 0 Å². The number of ketones is 1. The predicted octanol–water partition coefficient (Wildman–Crippen LogP) is 4.50. The van der Waals surface area contributed by atoms with Crippen LogP contribution in [-0.4, -0.2) is 24.3 Å². The van der Waals surface area contributed by atoms with E-state index in [9.17, 15) is 14.4 Å². The maximum absolute atomic E-state index is 13.7. The molecule has 5 nitrogen and oxygen atoms in total. The van der Waals surface area contributed by atoms with E-state index in [-0.39, 0.29) is 19.6 Å². The molecule has 0 aliphatic carbocycles. The Morgan fingerprint density at radius 3 is 2.19 bits per heavy atom. The first kappa shape index (κ1) is 21.8. The van der Waals surface area contributed by atoms with Crippen molar-refractivity contribution in [2.24, 2.45) is 0 Å². The molecular weight excluding hydrogens is 426 g/mol. The lowest BCUT2D eigenvalue weighted by Gasteiger charge is -2.40. The van der Waals surface area contributed by atoms with Crippen molar-refractivity contribution < 1.29 is 19.1 Å². The summed E-state index contributed by atoms with van der Waals surface area (Å²) in [6.07, 6.45) is 0.0189. The lowest BCUT2D eigenvalue weighted by molar-refractivity contribution is -0.157. The molecule has 0 saturated heterocycles. The van der Waals surface area contributed by atoms with Crippen LogP contribution < -0.4 is 4.90 Å². The first-order valence-electron chi connectivity index (χ1n) is 10.4. The topological polar surface area (TPSA) is 63.7 Å². The van der Waals surface area contributed by atoms with Gasteiger partial charge < -0.3 is 9.64 Å². The zero-order chi connectivity index (χ0) is 22.7. The molecule has 0 fully saturated rings. The highest BCUT2D eigenvalue weighted by Gasteiger charge is 2.57. The minimum Gasteiger partial charge on any atom is -0.465 e. The fraction of sp³-hybridized carbons (Fsp3) is 0.192. The monoisotopic (exact) mass is 447 g/mol. The van der Waals surface area contributed by atoms with E-state index in [4.69, 9.17) is 16.3 Å². The van der Waals surface area contributed by atoms with Crippen LogP contribution in [0.5, 0.6) is 0 Å².